The van der Waals surface area contributed by atoms with Gasteiger partial charge in [0.25, 0.3) is 0 Å². The molecule has 8 aromatic carbocycles. The van der Waals surface area contributed by atoms with E-state index < -0.39 is 0 Å². The molecule has 0 unspecified atom stereocenters. The van der Waals surface area contributed by atoms with Gasteiger partial charge in [-0.05, 0) is 130 Å². The van der Waals surface area contributed by atoms with Crippen LogP contribution >= 0.6 is 0 Å². The molecule has 1 aliphatic heterocycles. The lowest BCUT2D eigenvalue weighted by molar-refractivity contribution is 0.477. The van der Waals surface area contributed by atoms with E-state index >= 15 is 0 Å². The number of allylic oxidation sites excluding steroid dienone is 4. The average Bonchev–Trinajstić information content (AvgIpc) is 3.69. The van der Waals surface area contributed by atoms with Crippen molar-refractivity contribution in [3.63, 3.8) is 0 Å². The number of nitrogens with zero attached hydrogens (tertiary/aromatic N) is 3. The Kier molecular flexibility index (Phi) is 8.85. The number of anilines is 3. The van der Waals surface area contributed by atoms with Gasteiger partial charge in [0, 0.05) is 33.9 Å². The van der Waals surface area contributed by atoms with Crippen LogP contribution in [0, 0.1) is 5.41 Å². The quantitative estimate of drug-likeness (QED) is 0.163. The van der Waals surface area contributed by atoms with Crippen molar-refractivity contribution in [1.29, 1.82) is 5.41 Å². The number of fused-ring (bicyclic) bond motifs is 8. The molecule has 2 heterocycles. The molecule has 12 rings (SSSR count). The van der Waals surface area contributed by atoms with Crippen molar-refractivity contribution in [2.24, 2.45) is 4.99 Å². The van der Waals surface area contributed by atoms with E-state index in [-0.39, 0.29) is 0 Å². The predicted molar refractivity (Wildman–Crippen MR) is 263 cm³/mol. The van der Waals surface area contributed by atoms with Crippen LogP contribution in [0.15, 0.2) is 199 Å². The van der Waals surface area contributed by atoms with Gasteiger partial charge in [-0.2, -0.15) is 0 Å². The van der Waals surface area contributed by atoms with Crippen LogP contribution in [-0.2, 0) is 0 Å². The molecule has 1 aromatic heterocycles. The fraction of sp³-hybridized carbons (Fsp3) is 0.0690. The second kappa shape index (κ2) is 15.2. The Morgan fingerprint density at radius 3 is 2.32 bits per heavy atom. The van der Waals surface area contributed by atoms with Crippen molar-refractivity contribution in [1.82, 2.24) is 4.57 Å². The fourth-order valence-electron chi connectivity index (χ4n) is 9.86. The van der Waals surface area contributed by atoms with Crippen molar-refractivity contribution < 1.29 is 4.74 Å². The van der Waals surface area contributed by atoms with Gasteiger partial charge in [-0.25, -0.2) is 0 Å². The second-order valence-electron chi connectivity index (χ2n) is 16.5. The molecule has 0 atom stereocenters. The number of aromatic nitrogens is 1. The summed E-state index contributed by atoms with van der Waals surface area (Å²) in [5, 5.41) is 16.7. The first-order valence-corrected chi connectivity index (χ1v) is 21.8. The first-order valence-electron chi connectivity index (χ1n) is 21.8. The lowest BCUT2D eigenvalue weighted by Gasteiger charge is -2.33. The van der Waals surface area contributed by atoms with Gasteiger partial charge >= 0.3 is 0 Å². The van der Waals surface area contributed by atoms with Gasteiger partial charge in [-0.15, -0.1) is 0 Å². The maximum absolute atomic E-state index is 9.40. The minimum atomic E-state index is 0.550. The molecule has 63 heavy (non-hydrogen) atoms. The highest BCUT2D eigenvalue weighted by Crippen LogP contribution is 2.51. The van der Waals surface area contributed by atoms with Crippen LogP contribution in [-0.4, -0.2) is 16.5 Å². The molecule has 5 nitrogen and oxygen atoms in total. The molecule has 0 spiro atoms. The number of hydrogen-bond acceptors (Lipinski definition) is 4. The van der Waals surface area contributed by atoms with E-state index in [0.29, 0.717) is 5.71 Å². The average molecular weight is 811 g/mol. The summed E-state index contributed by atoms with van der Waals surface area (Å²) in [7, 11) is 0. The highest BCUT2D eigenvalue weighted by molar-refractivity contribution is 6.28. The number of benzene rings is 8. The molecule has 1 N–H and O–H groups in total. The maximum atomic E-state index is 9.40. The summed E-state index contributed by atoms with van der Waals surface area (Å²) in [5.74, 6) is 1.67. The smallest absolute Gasteiger partial charge is 0.151 e. The molecule has 0 saturated heterocycles. The number of hydrogen-bond donors (Lipinski definition) is 1. The highest BCUT2D eigenvalue weighted by atomic mass is 16.5. The Bertz CT molecular complexity index is 3570. The lowest BCUT2D eigenvalue weighted by atomic mass is 9.91. The van der Waals surface area contributed by atoms with Crippen LogP contribution in [0.5, 0.6) is 11.5 Å². The van der Waals surface area contributed by atoms with E-state index in [9.17, 15) is 5.41 Å². The number of aliphatic imine (C=N–C) groups is 1. The molecular weight excluding hydrogens is 769 g/mol. The Labute approximate surface area is 365 Å². The summed E-state index contributed by atoms with van der Waals surface area (Å²) in [6, 6.07) is 62.0. The van der Waals surface area contributed by atoms with Crippen molar-refractivity contribution >= 4 is 84.6 Å². The first kappa shape index (κ1) is 36.8. The van der Waals surface area contributed by atoms with Gasteiger partial charge in [-0.3, -0.25) is 10.4 Å². The molecule has 5 heteroatoms. The summed E-state index contributed by atoms with van der Waals surface area (Å²) in [4.78, 5) is 7.39. The van der Waals surface area contributed by atoms with Gasteiger partial charge in [-0.1, -0.05) is 133 Å². The molecule has 9 aromatic rings. The summed E-state index contributed by atoms with van der Waals surface area (Å²) >= 11 is 0. The van der Waals surface area contributed by atoms with Gasteiger partial charge < -0.3 is 14.2 Å². The fourth-order valence-corrected chi connectivity index (χ4v) is 9.86. The summed E-state index contributed by atoms with van der Waals surface area (Å²) < 4.78 is 8.98. The molecule has 300 valence electrons. The molecule has 0 fully saturated rings. The third-order valence-electron chi connectivity index (χ3n) is 12.8. The zero-order valence-corrected chi connectivity index (χ0v) is 34.6. The zero-order chi connectivity index (χ0) is 41.9. The zero-order valence-electron chi connectivity index (χ0n) is 34.6. The number of para-hydroxylation sites is 4. The second-order valence-corrected chi connectivity index (χ2v) is 16.5. The van der Waals surface area contributed by atoms with Crippen LogP contribution in [0.25, 0.3) is 61.1 Å². The van der Waals surface area contributed by atoms with Crippen molar-refractivity contribution in [2.45, 2.75) is 25.7 Å². The minimum absolute atomic E-state index is 0.550. The number of rotatable bonds is 7. The van der Waals surface area contributed by atoms with Gasteiger partial charge in [0.05, 0.1) is 33.8 Å². The monoisotopic (exact) mass is 810 g/mol. The highest BCUT2D eigenvalue weighted by Gasteiger charge is 2.27. The molecule has 2 aliphatic carbocycles. The Morgan fingerprint density at radius 1 is 0.603 bits per heavy atom. The lowest BCUT2D eigenvalue weighted by Crippen LogP contribution is -2.31. The first-order chi connectivity index (χ1) is 31.2. The van der Waals surface area contributed by atoms with E-state index in [2.05, 4.69) is 167 Å². The number of ether oxygens (including phenoxy) is 1. The third-order valence-corrected chi connectivity index (χ3v) is 12.8. The Hall–Kier alpha value is -8.02. The number of nitrogens with one attached hydrogen (secondary N) is 1. The third kappa shape index (κ3) is 6.31. The van der Waals surface area contributed by atoms with Crippen LogP contribution in [0.3, 0.4) is 0 Å². The van der Waals surface area contributed by atoms with E-state index in [4.69, 9.17) is 9.73 Å². The van der Waals surface area contributed by atoms with Crippen LogP contribution in [0.4, 0.5) is 22.7 Å². The van der Waals surface area contributed by atoms with Crippen LogP contribution in [0.1, 0.15) is 31.2 Å². The predicted octanol–water partition coefficient (Wildman–Crippen LogP) is 13.9. The van der Waals surface area contributed by atoms with E-state index in [1.165, 1.54) is 43.5 Å². The summed E-state index contributed by atoms with van der Waals surface area (Å²) in [5.41, 5.74) is 13.3. The Morgan fingerprint density at radius 2 is 1.37 bits per heavy atom. The van der Waals surface area contributed by atoms with Crippen molar-refractivity contribution in [3.05, 3.63) is 210 Å². The molecule has 0 saturated carbocycles. The largest absolute Gasteiger partial charge is 0.453 e. The van der Waals surface area contributed by atoms with Crippen LogP contribution < -0.4 is 20.1 Å². The van der Waals surface area contributed by atoms with Gasteiger partial charge in [0.2, 0.25) is 0 Å². The van der Waals surface area contributed by atoms with Gasteiger partial charge in [0.15, 0.2) is 11.5 Å². The topological polar surface area (TPSA) is 53.6 Å². The molecule has 0 amide bonds. The van der Waals surface area contributed by atoms with Gasteiger partial charge in [0.1, 0.15) is 0 Å². The molecule has 0 bridgehead atoms. The normalized spacial score (nSPS) is 14.5. The summed E-state index contributed by atoms with van der Waals surface area (Å²) in [6.45, 7) is 0. The van der Waals surface area contributed by atoms with E-state index in [1.807, 2.05) is 42.6 Å². The van der Waals surface area contributed by atoms with Crippen molar-refractivity contribution in [3.8, 4) is 22.6 Å². The SMILES string of the molecule is N=C(C1=c2ccccc2=CCC1)c1ccccc1N=CC1=CCCC(n2c3cc(-c4ccc5c(c4)N(c4ccccc4)c4ccccc4O5)ccc3c3c4ccccc4ccc32)=C1. The van der Waals surface area contributed by atoms with E-state index in [1.54, 1.807) is 0 Å². The van der Waals surface area contributed by atoms with Crippen molar-refractivity contribution in [2.75, 3.05) is 4.90 Å². The maximum Gasteiger partial charge on any atom is 0.151 e. The van der Waals surface area contributed by atoms with E-state index in [0.717, 1.165) is 93.0 Å². The van der Waals surface area contributed by atoms with Crippen LogP contribution in [0.2, 0.25) is 0 Å². The summed E-state index contributed by atoms with van der Waals surface area (Å²) in [6.07, 6.45) is 12.4. The molecule has 3 aliphatic rings. The Balaban J connectivity index is 0.963. The minimum Gasteiger partial charge on any atom is -0.453 e. The standard InChI is InChI=1S/C58H42N4O/c59-58(47-24-13-17-39-15-4-6-21-45(39)47)48-23-8-9-25-50(48)60-37-38-14-12-20-44(34-38)62-52-32-29-40-16-5-7-22-46(40)57(52)49-31-28-41(35-53(49)62)42-30-33-56-54(36-42)61(43-18-2-1-3-19-43)51-26-10-11-27-55(51)63-56/h1-11,14-19,21-23,25-37,59H,12-13,20,24H2. The molecule has 0 radical (unpaired) electrons. The molecular formula is C58H42N4O.